The molecule has 0 aromatic rings. The highest BCUT2D eigenvalue weighted by Gasteiger charge is 2.42. The van der Waals surface area contributed by atoms with Crippen LogP contribution < -0.4 is 0 Å². The first-order chi connectivity index (χ1) is 18.1. The van der Waals surface area contributed by atoms with Crippen molar-refractivity contribution in [1.82, 2.24) is 0 Å². The number of nitriles is 2. The average Bonchev–Trinajstić information content (AvgIpc) is 2.92. The number of rotatable bonds is 21. The Kier molecular flexibility index (Phi) is 18.0. The van der Waals surface area contributed by atoms with Gasteiger partial charge in [-0.05, 0) is 64.2 Å². The van der Waals surface area contributed by atoms with Gasteiger partial charge in [-0.2, -0.15) is 10.5 Å². The maximum atomic E-state index is 13.0. The molecule has 0 aliphatic heterocycles. The van der Waals surface area contributed by atoms with E-state index in [0.29, 0.717) is 12.8 Å². The minimum atomic E-state index is -0.768. The predicted molar refractivity (Wildman–Crippen MR) is 153 cm³/mol. The molecule has 4 atom stereocenters. The zero-order chi connectivity index (χ0) is 29.2. The maximum absolute atomic E-state index is 13.0. The first kappa shape index (κ1) is 35.9. The molecule has 0 aromatic heterocycles. The third-order valence-electron chi connectivity index (χ3n) is 8.37. The Morgan fingerprint density at radius 1 is 0.632 bits per heavy atom. The number of carbonyl (C=O) groups is 2. The quantitative estimate of drug-likeness (QED) is 0.108. The lowest BCUT2D eigenvalue weighted by molar-refractivity contribution is -0.165. The number of hydrogen-bond donors (Lipinski definition) is 0. The van der Waals surface area contributed by atoms with Gasteiger partial charge in [-0.1, -0.05) is 80.1 Å². The van der Waals surface area contributed by atoms with Crippen molar-refractivity contribution in [3.63, 3.8) is 0 Å². The summed E-state index contributed by atoms with van der Waals surface area (Å²) in [7, 11) is 0. The molecule has 218 valence electrons. The van der Waals surface area contributed by atoms with Gasteiger partial charge in [0.05, 0.1) is 35.8 Å². The van der Waals surface area contributed by atoms with Crippen molar-refractivity contribution < 1.29 is 19.1 Å². The van der Waals surface area contributed by atoms with Gasteiger partial charge < -0.3 is 9.47 Å². The standard InChI is InChI=1S/C32H56N2O4/c1-9-15-17-21-31(7,23-33)29(25(11-3)12-4)37-27(35)19-20-28(36)38-30(26(13-5)14-6)32(8,24-34)22-18-16-10-2/h25-26,29-30H,9-22H2,1-8H3. The monoisotopic (exact) mass is 532 g/mol. The lowest BCUT2D eigenvalue weighted by Gasteiger charge is -2.37. The summed E-state index contributed by atoms with van der Waals surface area (Å²) in [5, 5.41) is 20.1. The Morgan fingerprint density at radius 2 is 0.947 bits per heavy atom. The van der Waals surface area contributed by atoms with Crippen LogP contribution in [0.4, 0.5) is 0 Å². The van der Waals surface area contributed by atoms with Crippen LogP contribution in [0.15, 0.2) is 0 Å². The van der Waals surface area contributed by atoms with Gasteiger partial charge in [0.2, 0.25) is 0 Å². The highest BCUT2D eigenvalue weighted by molar-refractivity contribution is 5.78. The Labute approximate surface area is 233 Å². The van der Waals surface area contributed by atoms with E-state index in [1.807, 2.05) is 13.8 Å². The molecule has 0 spiro atoms. The number of ether oxygens (including phenoxy) is 2. The van der Waals surface area contributed by atoms with Crippen molar-refractivity contribution in [2.24, 2.45) is 22.7 Å². The maximum Gasteiger partial charge on any atom is 0.306 e. The zero-order valence-corrected chi connectivity index (χ0v) is 25.7. The third-order valence-corrected chi connectivity index (χ3v) is 8.37. The van der Waals surface area contributed by atoms with E-state index in [1.54, 1.807) is 0 Å². The van der Waals surface area contributed by atoms with Crippen LogP contribution in [0.1, 0.15) is 145 Å². The second-order valence-corrected chi connectivity index (χ2v) is 11.4. The summed E-state index contributed by atoms with van der Waals surface area (Å²) in [4.78, 5) is 25.9. The summed E-state index contributed by atoms with van der Waals surface area (Å²) in [6.07, 6.45) is 9.37. The van der Waals surface area contributed by atoms with Crippen molar-refractivity contribution in [2.75, 3.05) is 0 Å². The zero-order valence-electron chi connectivity index (χ0n) is 25.7. The molecule has 38 heavy (non-hydrogen) atoms. The topological polar surface area (TPSA) is 100 Å². The van der Waals surface area contributed by atoms with Gasteiger partial charge in [0.15, 0.2) is 0 Å². The normalized spacial score (nSPS) is 16.1. The molecule has 0 radical (unpaired) electrons. The molecule has 6 nitrogen and oxygen atoms in total. The number of carbonyl (C=O) groups excluding carboxylic acids is 2. The van der Waals surface area contributed by atoms with Crippen LogP contribution in [0.5, 0.6) is 0 Å². The van der Waals surface area contributed by atoms with E-state index >= 15 is 0 Å². The molecule has 0 amide bonds. The summed E-state index contributed by atoms with van der Waals surface area (Å²) in [6.45, 7) is 16.3. The van der Waals surface area contributed by atoms with Crippen LogP contribution in [0.3, 0.4) is 0 Å². The Hall–Kier alpha value is -2.08. The fourth-order valence-corrected chi connectivity index (χ4v) is 5.54. The number of hydrogen-bond acceptors (Lipinski definition) is 6. The second-order valence-electron chi connectivity index (χ2n) is 11.4. The largest absolute Gasteiger partial charge is 0.460 e. The predicted octanol–water partition coefficient (Wildman–Crippen LogP) is 8.68. The molecule has 0 bridgehead atoms. The van der Waals surface area contributed by atoms with Gasteiger partial charge in [-0.15, -0.1) is 0 Å². The molecule has 4 unspecified atom stereocenters. The summed E-state index contributed by atoms with van der Waals surface area (Å²) in [5.41, 5.74) is -1.54. The molecule has 0 saturated carbocycles. The summed E-state index contributed by atoms with van der Waals surface area (Å²) >= 11 is 0. The number of unbranched alkanes of at least 4 members (excludes halogenated alkanes) is 4. The van der Waals surface area contributed by atoms with Crippen LogP contribution in [0.25, 0.3) is 0 Å². The van der Waals surface area contributed by atoms with E-state index in [0.717, 1.165) is 64.2 Å². The van der Waals surface area contributed by atoms with E-state index in [2.05, 4.69) is 53.7 Å². The van der Waals surface area contributed by atoms with Gasteiger partial charge in [-0.3, -0.25) is 9.59 Å². The van der Waals surface area contributed by atoms with E-state index in [-0.39, 0.29) is 24.7 Å². The van der Waals surface area contributed by atoms with Crippen LogP contribution in [0, 0.1) is 45.3 Å². The molecule has 0 N–H and O–H groups in total. The Balaban J connectivity index is 5.52. The van der Waals surface area contributed by atoms with Crippen molar-refractivity contribution >= 4 is 11.9 Å². The van der Waals surface area contributed by atoms with E-state index in [4.69, 9.17) is 9.47 Å². The molecule has 6 heteroatoms. The highest BCUT2D eigenvalue weighted by Crippen LogP contribution is 2.38. The van der Waals surface area contributed by atoms with E-state index in [1.165, 1.54) is 0 Å². The molecule has 0 aliphatic carbocycles. The van der Waals surface area contributed by atoms with Crippen LogP contribution in [-0.4, -0.2) is 24.1 Å². The highest BCUT2D eigenvalue weighted by atomic mass is 16.6. The Morgan fingerprint density at radius 3 is 1.18 bits per heavy atom. The van der Waals surface area contributed by atoms with Crippen LogP contribution in [0.2, 0.25) is 0 Å². The molecular weight excluding hydrogens is 476 g/mol. The molecule has 0 aliphatic rings. The van der Waals surface area contributed by atoms with Crippen LogP contribution in [-0.2, 0) is 19.1 Å². The lowest BCUT2D eigenvalue weighted by Crippen LogP contribution is -2.42. The third kappa shape index (κ3) is 11.3. The van der Waals surface area contributed by atoms with Crippen molar-refractivity contribution in [2.45, 2.75) is 157 Å². The van der Waals surface area contributed by atoms with Gasteiger partial charge >= 0.3 is 11.9 Å². The summed E-state index contributed by atoms with van der Waals surface area (Å²) in [5.74, 6) is -0.784. The van der Waals surface area contributed by atoms with Gasteiger partial charge in [-0.25, -0.2) is 0 Å². The Bertz CT molecular complexity index is 698. The molecule has 0 rings (SSSR count). The van der Waals surface area contributed by atoms with E-state index in [9.17, 15) is 20.1 Å². The fraction of sp³-hybridized carbons (Fsp3) is 0.875. The molecular formula is C32H56N2O4. The fourth-order valence-electron chi connectivity index (χ4n) is 5.54. The lowest BCUT2D eigenvalue weighted by atomic mass is 9.73. The van der Waals surface area contributed by atoms with Crippen molar-refractivity contribution in [1.29, 1.82) is 10.5 Å². The SMILES string of the molecule is CCCCCC(C)(C#N)C(OC(=O)CCC(=O)OC(C(CC)CC)C(C)(C#N)CCCCC)C(CC)CC. The number of esters is 2. The molecule has 0 heterocycles. The second kappa shape index (κ2) is 19.1. The summed E-state index contributed by atoms with van der Waals surface area (Å²) in [6, 6.07) is 4.91. The molecule has 0 fully saturated rings. The van der Waals surface area contributed by atoms with Crippen molar-refractivity contribution in [3.05, 3.63) is 0 Å². The average molecular weight is 533 g/mol. The van der Waals surface area contributed by atoms with Crippen LogP contribution >= 0.6 is 0 Å². The van der Waals surface area contributed by atoms with Gasteiger partial charge in [0, 0.05) is 0 Å². The summed E-state index contributed by atoms with van der Waals surface area (Å²) < 4.78 is 11.9. The van der Waals surface area contributed by atoms with E-state index < -0.39 is 35.0 Å². The first-order valence-electron chi connectivity index (χ1n) is 15.3. The van der Waals surface area contributed by atoms with Gasteiger partial charge in [0.1, 0.15) is 12.2 Å². The van der Waals surface area contributed by atoms with Gasteiger partial charge in [0.25, 0.3) is 0 Å². The minimum Gasteiger partial charge on any atom is -0.460 e. The molecule has 0 saturated heterocycles. The molecule has 0 aromatic carbocycles. The number of nitrogens with zero attached hydrogens (tertiary/aromatic N) is 2. The van der Waals surface area contributed by atoms with Crippen molar-refractivity contribution in [3.8, 4) is 12.1 Å². The minimum absolute atomic E-state index is 0.0795. The smallest absolute Gasteiger partial charge is 0.306 e. The first-order valence-corrected chi connectivity index (χ1v) is 15.3.